The monoisotopic (exact) mass is 281 g/mol. The maximum absolute atomic E-state index is 6.10. The highest BCUT2D eigenvalue weighted by atomic mass is 35.5. The smallest absolute Gasteiger partial charge is 0.241 e. The second kappa shape index (κ2) is 3.98. The molecule has 0 spiro atoms. The van der Waals surface area contributed by atoms with Gasteiger partial charge >= 0.3 is 0 Å². The van der Waals surface area contributed by atoms with Crippen molar-refractivity contribution < 1.29 is 4.74 Å². The fraction of sp³-hybridized carbons (Fsp3) is 0.714. The Morgan fingerprint density at radius 3 is 2.74 bits per heavy atom. The van der Waals surface area contributed by atoms with Gasteiger partial charge in [-0.1, -0.05) is 20.8 Å². The van der Waals surface area contributed by atoms with E-state index < -0.39 is 0 Å². The zero-order valence-electron chi connectivity index (χ0n) is 11.6. The Balaban J connectivity index is 1.88. The van der Waals surface area contributed by atoms with Crippen LogP contribution in [0.4, 0.5) is 5.69 Å². The summed E-state index contributed by atoms with van der Waals surface area (Å²) in [4.78, 5) is 7.96. The van der Waals surface area contributed by atoms with E-state index >= 15 is 0 Å². The average molecular weight is 282 g/mol. The first-order valence-electron chi connectivity index (χ1n) is 6.79. The Kier molecular flexibility index (Phi) is 2.72. The van der Waals surface area contributed by atoms with Crippen molar-refractivity contribution in [1.29, 1.82) is 0 Å². The molecule has 2 aliphatic rings. The van der Waals surface area contributed by atoms with E-state index in [0.29, 0.717) is 17.0 Å². The zero-order valence-corrected chi connectivity index (χ0v) is 12.4. The van der Waals surface area contributed by atoms with E-state index in [1.807, 2.05) is 0 Å². The molecule has 3 unspecified atom stereocenters. The molecule has 2 saturated carbocycles. The van der Waals surface area contributed by atoms with E-state index in [0.717, 1.165) is 12.3 Å². The van der Waals surface area contributed by atoms with Crippen LogP contribution in [0.25, 0.3) is 0 Å². The molecule has 1 heterocycles. The van der Waals surface area contributed by atoms with Gasteiger partial charge in [-0.05, 0) is 42.2 Å². The van der Waals surface area contributed by atoms with Crippen LogP contribution in [0.2, 0.25) is 5.28 Å². The van der Waals surface area contributed by atoms with Gasteiger partial charge in [0, 0.05) is 5.41 Å². The summed E-state index contributed by atoms with van der Waals surface area (Å²) in [6.07, 6.45) is 5.24. The predicted octanol–water partition coefficient (Wildman–Crippen LogP) is 3.31. The van der Waals surface area contributed by atoms with Crippen molar-refractivity contribution in [2.75, 3.05) is 5.73 Å². The lowest BCUT2D eigenvalue weighted by Crippen LogP contribution is -2.39. The Labute approximate surface area is 118 Å². The summed E-state index contributed by atoms with van der Waals surface area (Å²) in [6.45, 7) is 7.03. The molecular formula is C14H20ClN3O. The van der Waals surface area contributed by atoms with Crippen LogP contribution in [-0.2, 0) is 0 Å². The third-order valence-electron chi connectivity index (χ3n) is 5.72. The third-order valence-corrected chi connectivity index (χ3v) is 5.90. The van der Waals surface area contributed by atoms with Gasteiger partial charge in [0.15, 0.2) is 0 Å². The van der Waals surface area contributed by atoms with Crippen LogP contribution >= 0.6 is 11.6 Å². The van der Waals surface area contributed by atoms with Crippen LogP contribution in [0.1, 0.15) is 40.0 Å². The van der Waals surface area contributed by atoms with Gasteiger partial charge in [-0.2, -0.15) is 4.98 Å². The molecule has 1 aromatic heterocycles. The van der Waals surface area contributed by atoms with Crippen molar-refractivity contribution in [2.45, 2.75) is 46.1 Å². The summed E-state index contributed by atoms with van der Waals surface area (Å²) in [5.74, 6) is 1.15. The molecular weight excluding hydrogens is 262 g/mol. The van der Waals surface area contributed by atoms with Crippen LogP contribution < -0.4 is 10.5 Å². The molecule has 1 aromatic rings. The van der Waals surface area contributed by atoms with Crippen molar-refractivity contribution >= 4 is 17.3 Å². The number of fused-ring (bicyclic) bond motifs is 2. The highest BCUT2D eigenvalue weighted by Gasteiger charge is 2.62. The molecule has 0 saturated heterocycles. The Morgan fingerprint density at radius 1 is 1.42 bits per heavy atom. The lowest BCUT2D eigenvalue weighted by Gasteiger charge is -2.38. The van der Waals surface area contributed by atoms with Gasteiger partial charge < -0.3 is 10.5 Å². The number of nitrogens with two attached hydrogens (primary N) is 1. The van der Waals surface area contributed by atoms with E-state index in [1.54, 1.807) is 0 Å². The van der Waals surface area contributed by atoms with E-state index in [2.05, 4.69) is 30.7 Å². The number of hydrogen-bond donors (Lipinski definition) is 1. The molecule has 5 heteroatoms. The van der Waals surface area contributed by atoms with Crippen LogP contribution in [-0.4, -0.2) is 16.1 Å². The summed E-state index contributed by atoms with van der Waals surface area (Å²) in [7, 11) is 0. The first kappa shape index (κ1) is 13.0. The molecule has 104 valence electrons. The molecule has 2 bridgehead atoms. The van der Waals surface area contributed by atoms with Gasteiger partial charge in [0.2, 0.25) is 11.2 Å². The molecule has 0 aliphatic heterocycles. The highest BCUT2D eigenvalue weighted by molar-refractivity contribution is 6.28. The van der Waals surface area contributed by atoms with Gasteiger partial charge in [0.05, 0.1) is 6.20 Å². The van der Waals surface area contributed by atoms with E-state index in [1.165, 1.54) is 19.0 Å². The molecule has 0 aromatic carbocycles. The minimum Gasteiger partial charge on any atom is -0.472 e. The lowest BCUT2D eigenvalue weighted by molar-refractivity contribution is 0.0278. The summed E-state index contributed by atoms with van der Waals surface area (Å²) in [5.41, 5.74) is 6.81. The van der Waals surface area contributed by atoms with Gasteiger partial charge in [-0.15, -0.1) is 0 Å². The van der Waals surface area contributed by atoms with Crippen LogP contribution in [0.5, 0.6) is 5.88 Å². The number of hydrogen-bond acceptors (Lipinski definition) is 4. The van der Waals surface area contributed by atoms with Crippen molar-refractivity contribution in [3.8, 4) is 5.88 Å². The van der Waals surface area contributed by atoms with Crippen LogP contribution in [0, 0.1) is 16.7 Å². The first-order chi connectivity index (χ1) is 8.84. The van der Waals surface area contributed by atoms with Crippen LogP contribution in [0.3, 0.4) is 0 Å². The molecule has 2 fully saturated rings. The number of nitrogens with zero attached hydrogens (tertiary/aromatic N) is 2. The summed E-state index contributed by atoms with van der Waals surface area (Å²) in [6, 6.07) is 0. The molecule has 2 N–H and O–H groups in total. The van der Waals surface area contributed by atoms with Gasteiger partial charge in [0.25, 0.3) is 0 Å². The Bertz CT molecular complexity index is 519. The number of rotatable bonds is 2. The molecule has 3 atom stereocenters. The zero-order chi connectivity index (χ0) is 13.8. The standard InChI is InChI=1S/C14H20ClN3O/c1-13(2)8-4-5-14(13,3)10(6-8)19-11-9(16)7-17-12(15)18-11/h7-8,10H,4-6,16H2,1-3H3. The normalized spacial score (nSPS) is 35.6. The molecule has 4 nitrogen and oxygen atoms in total. The summed E-state index contributed by atoms with van der Waals surface area (Å²) in [5, 5.41) is 0.178. The van der Waals surface area contributed by atoms with Crippen LogP contribution in [0.15, 0.2) is 6.20 Å². The maximum atomic E-state index is 6.10. The fourth-order valence-electron chi connectivity index (χ4n) is 3.89. The Morgan fingerprint density at radius 2 is 2.16 bits per heavy atom. The lowest BCUT2D eigenvalue weighted by atomic mass is 9.70. The average Bonchev–Trinajstić information content (AvgIpc) is 2.67. The summed E-state index contributed by atoms with van der Waals surface area (Å²) >= 11 is 5.81. The number of aromatic nitrogens is 2. The van der Waals surface area contributed by atoms with Crippen molar-refractivity contribution in [3.05, 3.63) is 11.5 Å². The van der Waals surface area contributed by atoms with E-state index in [-0.39, 0.29) is 16.8 Å². The van der Waals surface area contributed by atoms with E-state index in [9.17, 15) is 0 Å². The minimum atomic E-state index is 0.162. The number of anilines is 1. The Hall–Kier alpha value is -1.03. The minimum absolute atomic E-state index is 0.162. The van der Waals surface area contributed by atoms with Gasteiger partial charge in [0.1, 0.15) is 11.8 Å². The second-order valence-corrected chi connectivity index (χ2v) is 6.95. The largest absolute Gasteiger partial charge is 0.472 e. The molecule has 0 amide bonds. The highest BCUT2D eigenvalue weighted by Crippen LogP contribution is 2.66. The quantitative estimate of drug-likeness (QED) is 0.845. The SMILES string of the molecule is CC1(C)C2CCC1(C)C(Oc1nc(Cl)ncc1N)C2. The second-order valence-electron chi connectivity index (χ2n) is 6.62. The fourth-order valence-corrected chi connectivity index (χ4v) is 4.02. The van der Waals surface area contributed by atoms with Crippen molar-refractivity contribution in [1.82, 2.24) is 9.97 Å². The molecule has 19 heavy (non-hydrogen) atoms. The third kappa shape index (κ3) is 1.72. The topological polar surface area (TPSA) is 61.0 Å². The number of ether oxygens (including phenoxy) is 1. The van der Waals surface area contributed by atoms with Gasteiger partial charge in [-0.25, -0.2) is 4.98 Å². The maximum Gasteiger partial charge on any atom is 0.241 e. The van der Waals surface area contributed by atoms with Crippen molar-refractivity contribution in [3.63, 3.8) is 0 Å². The molecule has 2 aliphatic carbocycles. The predicted molar refractivity (Wildman–Crippen MR) is 75.1 cm³/mol. The molecule has 0 radical (unpaired) electrons. The number of halogens is 1. The molecule has 3 rings (SSSR count). The van der Waals surface area contributed by atoms with Crippen molar-refractivity contribution in [2.24, 2.45) is 16.7 Å². The van der Waals surface area contributed by atoms with Gasteiger partial charge in [-0.3, -0.25) is 0 Å². The number of nitrogen functional groups attached to an aromatic ring is 1. The van der Waals surface area contributed by atoms with E-state index in [4.69, 9.17) is 22.1 Å². The first-order valence-corrected chi connectivity index (χ1v) is 7.17. The summed E-state index contributed by atoms with van der Waals surface area (Å²) < 4.78 is 6.10.